The first-order chi connectivity index (χ1) is 20.4. The highest BCUT2D eigenvalue weighted by Crippen LogP contribution is 2.43. The van der Waals surface area contributed by atoms with Crippen LogP contribution in [0.4, 0.5) is 0 Å². The van der Waals surface area contributed by atoms with E-state index in [1.165, 1.54) is 109 Å². The van der Waals surface area contributed by atoms with Crippen molar-refractivity contribution in [1.82, 2.24) is 5.32 Å². The van der Waals surface area contributed by atoms with Crippen molar-refractivity contribution in [1.29, 1.82) is 0 Å². The molecule has 1 amide bonds. The molecule has 0 saturated carbocycles. The van der Waals surface area contributed by atoms with Gasteiger partial charge in [0.05, 0.1) is 25.4 Å². The number of amides is 1. The van der Waals surface area contributed by atoms with E-state index in [0.29, 0.717) is 12.8 Å². The highest BCUT2D eigenvalue weighted by atomic mass is 31.2. The molecule has 0 heterocycles. The molecule has 3 atom stereocenters. The lowest BCUT2D eigenvalue weighted by molar-refractivity contribution is -0.123. The maximum atomic E-state index is 12.6. The van der Waals surface area contributed by atoms with Gasteiger partial charge in [0.2, 0.25) is 5.91 Å². The second-order valence-corrected chi connectivity index (χ2v) is 13.5. The molecule has 0 bridgehead atoms. The fraction of sp³-hybridized carbons (Fsp3) is 0.970. The number of hydrogen-bond acceptors (Lipinski definition) is 6. The summed E-state index contributed by atoms with van der Waals surface area (Å²) in [4.78, 5) is 22.5. The zero-order valence-electron chi connectivity index (χ0n) is 27.5. The Kier molecular flexibility index (Phi) is 30.2. The molecule has 8 nitrogen and oxygen atoms in total. The van der Waals surface area contributed by atoms with E-state index in [-0.39, 0.29) is 25.7 Å². The van der Waals surface area contributed by atoms with Crippen LogP contribution in [0.1, 0.15) is 174 Å². The van der Waals surface area contributed by atoms with E-state index in [9.17, 15) is 19.4 Å². The lowest BCUT2D eigenvalue weighted by Gasteiger charge is -2.25. The fourth-order valence-electron chi connectivity index (χ4n) is 5.25. The lowest BCUT2D eigenvalue weighted by Crippen LogP contribution is -2.46. The standard InChI is InChI=1S/C33H69N2O6P/c1-3-5-7-9-11-13-14-15-16-17-19-20-22-24-26-32(36)31(30-41-42(38,39)40-29-28-34)35-33(37)27-25-23-21-18-12-10-8-6-4-2/h31-32,36H,3-30,34H2,1-2H3,(H,35,37)(H,38,39)/t31-,32+/m0/s1. The molecule has 0 saturated heterocycles. The summed E-state index contributed by atoms with van der Waals surface area (Å²) in [5, 5.41) is 13.7. The van der Waals surface area contributed by atoms with E-state index in [2.05, 4.69) is 19.2 Å². The number of aliphatic hydroxyl groups excluding tert-OH is 1. The van der Waals surface area contributed by atoms with Crippen molar-refractivity contribution in [2.24, 2.45) is 5.73 Å². The highest BCUT2D eigenvalue weighted by Gasteiger charge is 2.27. The van der Waals surface area contributed by atoms with Crippen LogP contribution in [0.15, 0.2) is 0 Å². The van der Waals surface area contributed by atoms with Crippen molar-refractivity contribution in [2.45, 2.75) is 187 Å². The van der Waals surface area contributed by atoms with Gasteiger partial charge in [-0.25, -0.2) is 4.57 Å². The summed E-state index contributed by atoms with van der Waals surface area (Å²) in [5.41, 5.74) is 5.34. The summed E-state index contributed by atoms with van der Waals surface area (Å²) in [5.74, 6) is -0.165. The minimum atomic E-state index is -4.29. The number of hydrogen-bond donors (Lipinski definition) is 4. The van der Waals surface area contributed by atoms with Gasteiger partial charge >= 0.3 is 7.82 Å². The molecule has 5 N–H and O–H groups in total. The van der Waals surface area contributed by atoms with Gasteiger partial charge in [-0.05, 0) is 12.8 Å². The van der Waals surface area contributed by atoms with Crippen LogP contribution >= 0.6 is 7.82 Å². The Labute approximate surface area is 259 Å². The van der Waals surface area contributed by atoms with Gasteiger partial charge in [-0.2, -0.15) is 0 Å². The van der Waals surface area contributed by atoms with Crippen molar-refractivity contribution in [2.75, 3.05) is 19.8 Å². The fourth-order valence-corrected chi connectivity index (χ4v) is 6.01. The van der Waals surface area contributed by atoms with Gasteiger partial charge in [0, 0.05) is 13.0 Å². The van der Waals surface area contributed by atoms with Crippen molar-refractivity contribution in [3.05, 3.63) is 0 Å². The first-order valence-electron chi connectivity index (χ1n) is 17.7. The van der Waals surface area contributed by atoms with Crippen molar-refractivity contribution < 1.29 is 28.4 Å². The summed E-state index contributed by atoms with van der Waals surface area (Å²) in [6.07, 6.45) is 28.2. The normalized spacial score (nSPS) is 14.5. The van der Waals surface area contributed by atoms with E-state index < -0.39 is 20.0 Å². The molecule has 252 valence electrons. The Morgan fingerprint density at radius 3 is 1.52 bits per heavy atom. The monoisotopic (exact) mass is 620 g/mol. The molecular weight excluding hydrogens is 551 g/mol. The van der Waals surface area contributed by atoms with E-state index >= 15 is 0 Å². The predicted molar refractivity (Wildman–Crippen MR) is 175 cm³/mol. The number of phosphoric ester groups is 1. The van der Waals surface area contributed by atoms with Crippen LogP contribution in [0.3, 0.4) is 0 Å². The maximum Gasteiger partial charge on any atom is 0.472 e. The van der Waals surface area contributed by atoms with Crippen molar-refractivity contribution in [3.8, 4) is 0 Å². The van der Waals surface area contributed by atoms with Crippen molar-refractivity contribution >= 4 is 13.7 Å². The van der Waals surface area contributed by atoms with E-state index in [4.69, 9.17) is 14.8 Å². The van der Waals surface area contributed by atoms with Crippen LogP contribution < -0.4 is 11.1 Å². The lowest BCUT2D eigenvalue weighted by atomic mass is 10.0. The van der Waals surface area contributed by atoms with Gasteiger partial charge in [0.15, 0.2) is 0 Å². The van der Waals surface area contributed by atoms with Gasteiger partial charge in [0.1, 0.15) is 0 Å². The molecule has 9 heteroatoms. The van der Waals surface area contributed by atoms with Gasteiger partial charge in [0.25, 0.3) is 0 Å². The Morgan fingerprint density at radius 2 is 1.10 bits per heavy atom. The average Bonchev–Trinajstić information content (AvgIpc) is 2.97. The number of rotatable bonds is 33. The quantitative estimate of drug-likeness (QED) is 0.0426. The maximum absolute atomic E-state index is 12.6. The van der Waals surface area contributed by atoms with E-state index in [1.807, 2.05) is 0 Å². The molecule has 0 aliphatic heterocycles. The third-order valence-corrected chi connectivity index (χ3v) is 8.95. The molecule has 0 aliphatic rings. The summed E-state index contributed by atoms with van der Waals surface area (Å²) in [6, 6.07) is -0.764. The van der Waals surface area contributed by atoms with Gasteiger partial charge in [-0.1, -0.05) is 155 Å². The average molecular weight is 621 g/mol. The molecule has 0 fully saturated rings. The smallest absolute Gasteiger partial charge is 0.391 e. The molecule has 0 aliphatic carbocycles. The molecule has 0 aromatic heterocycles. The minimum absolute atomic E-state index is 0.0918. The minimum Gasteiger partial charge on any atom is -0.391 e. The van der Waals surface area contributed by atoms with Crippen LogP contribution in [0, 0.1) is 0 Å². The zero-order valence-corrected chi connectivity index (χ0v) is 28.4. The second kappa shape index (κ2) is 30.5. The Morgan fingerprint density at radius 1 is 0.690 bits per heavy atom. The van der Waals surface area contributed by atoms with Gasteiger partial charge < -0.3 is 21.1 Å². The van der Waals surface area contributed by atoms with Crippen LogP contribution in [-0.4, -0.2) is 47.8 Å². The SMILES string of the molecule is CCCCCCCCCCCCCCCC[C@@H](O)[C@H](COP(=O)(O)OCCN)NC(=O)CCCCCCCCCCC. The number of carbonyl (C=O) groups excluding carboxylic acids is 1. The van der Waals surface area contributed by atoms with E-state index in [0.717, 1.165) is 38.5 Å². The first-order valence-corrected chi connectivity index (χ1v) is 19.1. The summed E-state index contributed by atoms with van der Waals surface area (Å²) >= 11 is 0. The Balaban J connectivity index is 4.25. The van der Waals surface area contributed by atoms with Crippen LogP contribution in [0.2, 0.25) is 0 Å². The topological polar surface area (TPSA) is 131 Å². The molecule has 0 aromatic rings. The van der Waals surface area contributed by atoms with Crippen LogP contribution in [0.25, 0.3) is 0 Å². The third kappa shape index (κ3) is 28.3. The molecule has 42 heavy (non-hydrogen) atoms. The molecule has 0 spiro atoms. The molecule has 0 radical (unpaired) electrons. The third-order valence-electron chi connectivity index (χ3n) is 7.96. The van der Waals surface area contributed by atoms with Gasteiger partial charge in [-0.3, -0.25) is 13.8 Å². The number of nitrogens with one attached hydrogen (secondary N) is 1. The predicted octanol–water partition coefficient (Wildman–Crippen LogP) is 8.72. The first kappa shape index (κ1) is 41.5. The van der Waals surface area contributed by atoms with Crippen LogP contribution in [0.5, 0.6) is 0 Å². The summed E-state index contributed by atoms with van der Waals surface area (Å²) in [6.45, 7) is 4.17. The summed E-state index contributed by atoms with van der Waals surface area (Å²) in [7, 11) is -4.29. The number of carbonyl (C=O) groups is 1. The number of nitrogens with two attached hydrogens (primary N) is 1. The number of unbranched alkanes of at least 4 members (excludes halogenated alkanes) is 21. The molecular formula is C33H69N2O6P. The van der Waals surface area contributed by atoms with Crippen LogP contribution in [-0.2, 0) is 18.4 Å². The highest BCUT2D eigenvalue weighted by molar-refractivity contribution is 7.47. The zero-order chi connectivity index (χ0) is 31.2. The van der Waals surface area contributed by atoms with Crippen molar-refractivity contribution in [3.63, 3.8) is 0 Å². The number of phosphoric acid groups is 1. The van der Waals surface area contributed by atoms with Gasteiger partial charge in [-0.15, -0.1) is 0 Å². The summed E-state index contributed by atoms with van der Waals surface area (Å²) < 4.78 is 22.0. The Hall–Kier alpha value is -0.500. The van der Waals surface area contributed by atoms with E-state index in [1.54, 1.807) is 0 Å². The second-order valence-electron chi connectivity index (χ2n) is 12.1. The number of aliphatic hydroxyl groups is 1. The largest absolute Gasteiger partial charge is 0.472 e. The molecule has 0 aromatic carbocycles. The molecule has 1 unspecified atom stereocenters. The Bertz CT molecular complexity index is 640. The molecule has 0 rings (SSSR count).